The van der Waals surface area contributed by atoms with Gasteiger partial charge in [0, 0.05) is 30.7 Å². The van der Waals surface area contributed by atoms with Gasteiger partial charge in [-0.05, 0) is 36.7 Å². The van der Waals surface area contributed by atoms with Crippen LogP contribution < -0.4 is 5.32 Å². The molecule has 142 valence electrons. The van der Waals surface area contributed by atoms with Crippen molar-refractivity contribution in [1.29, 1.82) is 5.41 Å². The van der Waals surface area contributed by atoms with Crippen molar-refractivity contribution < 1.29 is 13.6 Å². The van der Waals surface area contributed by atoms with Crippen molar-refractivity contribution in [2.24, 2.45) is 9.98 Å². The smallest absolute Gasteiger partial charge is 0.218 e. The zero-order valence-corrected chi connectivity index (χ0v) is 14.8. The molecule has 1 aromatic carbocycles. The van der Waals surface area contributed by atoms with Gasteiger partial charge in [-0.25, -0.2) is 18.8 Å². The molecule has 2 atom stereocenters. The van der Waals surface area contributed by atoms with Crippen molar-refractivity contribution in [3.8, 4) is 0 Å². The Hall–Kier alpha value is -3.13. The highest BCUT2D eigenvalue weighted by Gasteiger charge is 2.31. The second-order valence-electron chi connectivity index (χ2n) is 6.66. The number of fused-ring (bicyclic) bond motifs is 1. The van der Waals surface area contributed by atoms with Gasteiger partial charge in [0.15, 0.2) is 5.82 Å². The predicted octanol–water partition coefficient (Wildman–Crippen LogP) is 2.84. The molecular weight excluding hydrogens is 364 g/mol. The Bertz CT molecular complexity index is 991. The summed E-state index contributed by atoms with van der Waals surface area (Å²) in [7, 11) is 0. The lowest BCUT2D eigenvalue weighted by Gasteiger charge is -2.19. The molecule has 1 saturated heterocycles. The summed E-state index contributed by atoms with van der Waals surface area (Å²) in [6.45, 7) is 1.73. The van der Waals surface area contributed by atoms with Gasteiger partial charge in [0.2, 0.25) is 5.78 Å². The third kappa shape index (κ3) is 3.27. The number of hydrogen-bond donors (Lipinski definition) is 2. The van der Waals surface area contributed by atoms with E-state index in [9.17, 15) is 13.6 Å². The van der Waals surface area contributed by atoms with E-state index >= 15 is 0 Å². The summed E-state index contributed by atoms with van der Waals surface area (Å²) in [5, 5.41) is 10.9. The first-order valence-corrected chi connectivity index (χ1v) is 8.91. The number of nitrogens with one attached hydrogen (secondary N) is 2. The second kappa shape index (κ2) is 7.47. The summed E-state index contributed by atoms with van der Waals surface area (Å²) in [5.74, 6) is -2.75. The number of hydrogen-bond acceptors (Lipinski definition) is 6. The number of pyridine rings is 1. The van der Waals surface area contributed by atoms with E-state index in [1.165, 1.54) is 12.3 Å². The number of Topliss-reactive ketones (excluding diaryl/α,β-unsaturated/α-hetero) is 1. The third-order valence-electron chi connectivity index (χ3n) is 4.82. The molecule has 0 bridgehead atoms. The standard InChI is InChI=1S/C20H17F2N5O/c21-15-2-1-3-16(22)17(15)19(28)18-14-6-11(8-26-20(14)27-18)12(7-23)9-25-13-4-5-24-10-13/h1-3,6-9,12-13,23-24H,4-5,10H2. The summed E-state index contributed by atoms with van der Waals surface area (Å²) in [5.41, 5.74) is 0.427. The number of nitrogens with zero attached hydrogens (tertiary/aromatic N) is 3. The minimum absolute atomic E-state index is 0.0333. The van der Waals surface area contributed by atoms with Crippen molar-refractivity contribution in [2.75, 3.05) is 13.1 Å². The number of aromatic nitrogens is 1. The summed E-state index contributed by atoms with van der Waals surface area (Å²) < 4.78 is 27.8. The van der Waals surface area contributed by atoms with E-state index in [2.05, 4.69) is 20.3 Å². The number of carbonyl (C=O) groups excluding carboxylic acids is 1. The fourth-order valence-corrected chi connectivity index (χ4v) is 3.25. The van der Waals surface area contributed by atoms with Crippen molar-refractivity contribution in [3.05, 3.63) is 58.8 Å². The molecule has 1 fully saturated rings. The second-order valence-corrected chi connectivity index (χ2v) is 6.66. The third-order valence-corrected chi connectivity index (χ3v) is 4.82. The van der Waals surface area contributed by atoms with Gasteiger partial charge in [-0.3, -0.25) is 9.79 Å². The predicted molar refractivity (Wildman–Crippen MR) is 102 cm³/mol. The molecule has 3 heterocycles. The molecule has 2 N–H and O–H groups in total. The normalized spacial score (nSPS) is 19.1. The van der Waals surface area contributed by atoms with Crippen molar-refractivity contribution in [1.82, 2.24) is 10.3 Å². The number of aliphatic imine (C=N–C) groups is 2. The number of halogens is 2. The van der Waals surface area contributed by atoms with Crippen LogP contribution in [0.4, 0.5) is 14.6 Å². The van der Waals surface area contributed by atoms with Crippen LogP contribution in [0.25, 0.3) is 0 Å². The highest BCUT2D eigenvalue weighted by atomic mass is 19.1. The summed E-state index contributed by atoms with van der Waals surface area (Å²) >= 11 is 0. The summed E-state index contributed by atoms with van der Waals surface area (Å²) in [6, 6.07) is 5.13. The molecule has 1 aromatic heterocycles. The molecule has 2 unspecified atom stereocenters. The van der Waals surface area contributed by atoms with Crippen LogP contribution in [-0.4, -0.2) is 48.0 Å². The van der Waals surface area contributed by atoms with Gasteiger partial charge < -0.3 is 10.7 Å². The van der Waals surface area contributed by atoms with E-state index in [-0.39, 0.29) is 11.8 Å². The van der Waals surface area contributed by atoms with E-state index in [0.717, 1.165) is 31.6 Å². The monoisotopic (exact) mass is 381 g/mol. The first kappa shape index (κ1) is 18.2. The largest absolute Gasteiger partial charge is 0.315 e. The molecule has 0 aliphatic carbocycles. The van der Waals surface area contributed by atoms with Crippen molar-refractivity contribution in [2.45, 2.75) is 18.4 Å². The first-order valence-electron chi connectivity index (χ1n) is 8.91. The van der Waals surface area contributed by atoms with E-state index in [4.69, 9.17) is 5.41 Å². The molecule has 6 nitrogen and oxygen atoms in total. The average Bonchev–Trinajstić information content (AvgIpc) is 3.17. The number of rotatable bonds is 6. The molecule has 0 amide bonds. The minimum Gasteiger partial charge on any atom is -0.315 e. The van der Waals surface area contributed by atoms with Crippen LogP contribution in [0.2, 0.25) is 0 Å². The average molecular weight is 381 g/mol. The van der Waals surface area contributed by atoms with Crippen molar-refractivity contribution in [3.63, 3.8) is 0 Å². The Labute approximate surface area is 159 Å². The number of ketones is 1. The molecule has 2 aliphatic rings. The van der Waals surface area contributed by atoms with E-state index in [0.29, 0.717) is 16.9 Å². The fourth-order valence-electron chi connectivity index (χ4n) is 3.25. The maximum absolute atomic E-state index is 13.9. The van der Waals surface area contributed by atoms with Crippen LogP contribution in [-0.2, 0) is 0 Å². The summed E-state index contributed by atoms with van der Waals surface area (Å²) in [6.07, 6.45) is 5.45. The van der Waals surface area contributed by atoms with Gasteiger partial charge in [0.1, 0.15) is 17.3 Å². The van der Waals surface area contributed by atoms with Gasteiger partial charge in [0.05, 0.1) is 17.5 Å². The Morgan fingerprint density at radius 3 is 2.82 bits per heavy atom. The van der Waals surface area contributed by atoms with Gasteiger partial charge in [-0.1, -0.05) is 6.07 Å². The minimum atomic E-state index is -0.931. The van der Waals surface area contributed by atoms with Gasteiger partial charge in [0.25, 0.3) is 0 Å². The molecule has 2 aromatic rings. The lowest BCUT2D eigenvalue weighted by Crippen LogP contribution is -2.24. The Morgan fingerprint density at radius 2 is 2.14 bits per heavy atom. The number of carbonyl (C=O) groups is 1. The topological polar surface area (TPSA) is 90.6 Å². The zero-order valence-electron chi connectivity index (χ0n) is 14.8. The Kier molecular flexibility index (Phi) is 4.87. The van der Waals surface area contributed by atoms with Crippen LogP contribution in [0.15, 0.2) is 40.4 Å². The molecule has 0 radical (unpaired) electrons. The van der Waals surface area contributed by atoms with Crippen LogP contribution in [0.5, 0.6) is 0 Å². The maximum Gasteiger partial charge on any atom is 0.218 e. The van der Waals surface area contributed by atoms with Crippen molar-refractivity contribution >= 4 is 29.7 Å². The van der Waals surface area contributed by atoms with Gasteiger partial charge >= 0.3 is 0 Å². The van der Waals surface area contributed by atoms with Gasteiger partial charge in [-0.15, -0.1) is 0 Å². The fraction of sp³-hybridized carbons (Fsp3) is 0.250. The molecule has 4 rings (SSSR count). The van der Waals surface area contributed by atoms with E-state index in [1.807, 2.05) is 0 Å². The number of benzene rings is 1. The Morgan fingerprint density at radius 1 is 1.36 bits per heavy atom. The SMILES string of the molecule is N=CC(C=NC1CCNC1)c1cnc2c(c1)C(C(=O)c1c(F)cccc1F)=N2. The van der Waals surface area contributed by atoms with Crippen LogP contribution in [0.1, 0.15) is 33.8 Å². The lowest BCUT2D eigenvalue weighted by atomic mass is 9.93. The molecular formula is C20H17F2N5O. The molecule has 8 heteroatoms. The Balaban J connectivity index is 1.59. The highest BCUT2D eigenvalue weighted by Crippen LogP contribution is 2.32. The lowest BCUT2D eigenvalue weighted by molar-refractivity contribution is 0.105. The van der Waals surface area contributed by atoms with Gasteiger partial charge in [-0.2, -0.15) is 0 Å². The quantitative estimate of drug-likeness (QED) is 0.595. The maximum atomic E-state index is 13.9. The van der Waals surface area contributed by atoms with Crippen LogP contribution >= 0.6 is 0 Å². The van der Waals surface area contributed by atoms with E-state index in [1.54, 1.807) is 18.5 Å². The van der Waals surface area contributed by atoms with E-state index < -0.39 is 28.9 Å². The molecule has 2 aliphatic heterocycles. The van der Waals surface area contributed by atoms with Crippen LogP contribution in [0.3, 0.4) is 0 Å². The zero-order chi connectivity index (χ0) is 19.7. The molecule has 0 saturated carbocycles. The van der Waals surface area contributed by atoms with Crippen LogP contribution in [0, 0.1) is 17.0 Å². The summed E-state index contributed by atoms with van der Waals surface area (Å²) in [4.78, 5) is 25.3. The molecule has 0 spiro atoms. The highest BCUT2D eigenvalue weighted by molar-refractivity contribution is 6.55. The first-order chi connectivity index (χ1) is 13.6. The molecule has 28 heavy (non-hydrogen) atoms.